The fraction of sp³-hybridized carbons (Fsp3) is 0.222. The van der Waals surface area contributed by atoms with Gasteiger partial charge in [0.15, 0.2) is 11.6 Å². The summed E-state index contributed by atoms with van der Waals surface area (Å²) in [5, 5.41) is 2.66. The molecule has 0 bridgehead atoms. The third kappa shape index (κ3) is 3.65. The average Bonchev–Trinajstić information content (AvgIpc) is 2.87. The zero-order valence-electron chi connectivity index (χ0n) is 13.5. The topological polar surface area (TPSA) is 46.9 Å². The van der Waals surface area contributed by atoms with Gasteiger partial charge in [-0.15, -0.1) is 0 Å². The van der Waals surface area contributed by atoms with E-state index >= 15 is 0 Å². The van der Waals surface area contributed by atoms with E-state index < -0.39 is 11.6 Å². The van der Waals surface area contributed by atoms with Crippen LogP contribution in [0.5, 0.6) is 0 Å². The molecule has 0 saturated heterocycles. The van der Waals surface area contributed by atoms with Crippen LogP contribution in [0.1, 0.15) is 18.9 Å². The SMILES string of the molecule is CCCn1c(NC(=O)Cc2ccc(F)cc2)nc2cc(F)c(F)cc21. The average molecular weight is 347 g/mol. The quantitative estimate of drug-likeness (QED) is 0.757. The molecule has 7 heteroatoms. The van der Waals surface area contributed by atoms with Crippen molar-refractivity contribution in [3.63, 3.8) is 0 Å². The number of hydrogen-bond acceptors (Lipinski definition) is 2. The smallest absolute Gasteiger partial charge is 0.231 e. The van der Waals surface area contributed by atoms with E-state index in [4.69, 9.17) is 0 Å². The van der Waals surface area contributed by atoms with Crippen molar-refractivity contribution in [1.29, 1.82) is 0 Å². The minimum Gasteiger partial charge on any atom is -0.310 e. The largest absolute Gasteiger partial charge is 0.310 e. The summed E-state index contributed by atoms with van der Waals surface area (Å²) >= 11 is 0. The third-order valence-corrected chi connectivity index (χ3v) is 3.77. The molecule has 0 aliphatic rings. The lowest BCUT2D eigenvalue weighted by Gasteiger charge is -2.09. The molecule has 25 heavy (non-hydrogen) atoms. The highest BCUT2D eigenvalue weighted by molar-refractivity contribution is 5.92. The number of nitrogens with zero attached hydrogens (tertiary/aromatic N) is 2. The molecule has 0 atom stereocenters. The molecule has 0 spiro atoms. The Bertz CT molecular complexity index is 919. The lowest BCUT2D eigenvalue weighted by molar-refractivity contribution is -0.115. The highest BCUT2D eigenvalue weighted by Gasteiger charge is 2.16. The first-order chi connectivity index (χ1) is 12.0. The van der Waals surface area contributed by atoms with Crippen LogP contribution in [-0.4, -0.2) is 15.5 Å². The van der Waals surface area contributed by atoms with E-state index in [0.717, 1.165) is 18.6 Å². The van der Waals surface area contributed by atoms with Gasteiger partial charge in [-0.1, -0.05) is 19.1 Å². The van der Waals surface area contributed by atoms with E-state index in [1.54, 1.807) is 4.57 Å². The van der Waals surface area contributed by atoms with Crippen molar-refractivity contribution in [2.75, 3.05) is 5.32 Å². The maximum atomic E-state index is 13.5. The van der Waals surface area contributed by atoms with Gasteiger partial charge >= 0.3 is 0 Å². The van der Waals surface area contributed by atoms with Crippen molar-refractivity contribution < 1.29 is 18.0 Å². The summed E-state index contributed by atoms with van der Waals surface area (Å²) in [6.45, 7) is 2.42. The number of amides is 1. The second-order valence-corrected chi connectivity index (χ2v) is 5.69. The molecule has 0 aliphatic carbocycles. The fourth-order valence-electron chi connectivity index (χ4n) is 2.62. The minimum atomic E-state index is -0.988. The Morgan fingerprint density at radius 1 is 1.12 bits per heavy atom. The van der Waals surface area contributed by atoms with Crippen molar-refractivity contribution in [1.82, 2.24) is 9.55 Å². The molecule has 0 radical (unpaired) electrons. The Hall–Kier alpha value is -2.83. The number of imidazole rings is 1. The molecule has 1 aromatic heterocycles. The first-order valence-corrected chi connectivity index (χ1v) is 7.87. The van der Waals surface area contributed by atoms with Gasteiger partial charge in [0.1, 0.15) is 5.82 Å². The number of aryl methyl sites for hydroxylation is 1. The normalized spacial score (nSPS) is 11.0. The van der Waals surface area contributed by atoms with Gasteiger partial charge in [-0.05, 0) is 24.1 Å². The lowest BCUT2D eigenvalue weighted by Crippen LogP contribution is -2.18. The molecule has 3 rings (SSSR count). The van der Waals surface area contributed by atoms with Gasteiger partial charge in [-0.3, -0.25) is 10.1 Å². The van der Waals surface area contributed by atoms with E-state index in [-0.39, 0.29) is 29.6 Å². The van der Waals surface area contributed by atoms with Gasteiger partial charge in [-0.2, -0.15) is 0 Å². The van der Waals surface area contributed by atoms with Crippen LogP contribution in [0.3, 0.4) is 0 Å². The molecule has 4 nitrogen and oxygen atoms in total. The fourth-order valence-corrected chi connectivity index (χ4v) is 2.62. The summed E-state index contributed by atoms with van der Waals surface area (Å²) in [5.41, 5.74) is 1.33. The predicted octanol–water partition coefficient (Wildman–Crippen LogP) is 4.04. The van der Waals surface area contributed by atoms with Crippen LogP contribution in [-0.2, 0) is 17.8 Å². The maximum absolute atomic E-state index is 13.5. The summed E-state index contributed by atoms with van der Waals surface area (Å²) in [6.07, 6.45) is 0.767. The molecule has 1 heterocycles. The Balaban J connectivity index is 1.87. The second-order valence-electron chi connectivity index (χ2n) is 5.69. The summed E-state index contributed by atoms with van der Waals surface area (Å²) in [4.78, 5) is 16.4. The number of aromatic nitrogens is 2. The van der Waals surface area contributed by atoms with Crippen LogP contribution >= 0.6 is 0 Å². The van der Waals surface area contributed by atoms with Crippen LogP contribution in [0.15, 0.2) is 36.4 Å². The van der Waals surface area contributed by atoms with Crippen molar-refractivity contribution in [3.8, 4) is 0 Å². The number of hydrogen-bond donors (Lipinski definition) is 1. The van der Waals surface area contributed by atoms with Gasteiger partial charge in [0.05, 0.1) is 17.5 Å². The van der Waals surface area contributed by atoms with Crippen molar-refractivity contribution >= 4 is 22.9 Å². The van der Waals surface area contributed by atoms with E-state index in [1.165, 1.54) is 24.3 Å². The van der Waals surface area contributed by atoms with Crippen molar-refractivity contribution in [2.45, 2.75) is 26.3 Å². The van der Waals surface area contributed by atoms with Crippen LogP contribution in [0.4, 0.5) is 19.1 Å². The summed E-state index contributed by atoms with van der Waals surface area (Å²) in [7, 11) is 0. The van der Waals surface area contributed by atoms with Crippen LogP contribution < -0.4 is 5.32 Å². The second kappa shape index (κ2) is 6.96. The molecular weight excluding hydrogens is 331 g/mol. The van der Waals surface area contributed by atoms with Crippen LogP contribution in [0.2, 0.25) is 0 Å². The molecule has 0 fully saturated rings. The van der Waals surface area contributed by atoms with Gasteiger partial charge in [0.2, 0.25) is 11.9 Å². The molecule has 2 aromatic carbocycles. The van der Waals surface area contributed by atoms with Gasteiger partial charge in [0, 0.05) is 18.7 Å². The number of rotatable bonds is 5. The zero-order chi connectivity index (χ0) is 18.0. The summed E-state index contributed by atoms with van der Waals surface area (Å²) in [6, 6.07) is 7.68. The molecule has 130 valence electrons. The number of carbonyl (C=O) groups is 1. The van der Waals surface area contributed by atoms with E-state index in [0.29, 0.717) is 17.6 Å². The predicted molar refractivity (Wildman–Crippen MR) is 88.7 cm³/mol. The van der Waals surface area contributed by atoms with Crippen molar-refractivity contribution in [3.05, 3.63) is 59.4 Å². The lowest BCUT2D eigenvalue weighted by atomic mass is 10.1. The van der Waals surface area contributed by atoms with Crippen LogP contribution in [0.25, 0.3) is 11.0 Å². The number of benzene rings is 2. The van der Waals surface area contributed by atoms with Gasteiger partial charge < -0.3 is 4.57 Å². The summed E-state index contributed by atoms with van der Waals surface area (Å²) in [5.74, 6) is -2.45. The first-order valence-electron chi connectivity index (χ1n) is 7.87. The van der Waals surface area contributed by atoms with Crippen molar-refractivity contribution in [2.24, 2.45) is 0 Å². The molecule has 0 unspecified atom stereocenters. The van der Waals surface area contributed by atoms with Crippen LogP contribution in [0, 0.1) is 17.5 Å². The molecule has 1 amide bonds. The minimum absolute atomic E-state index is 0.0400. The highest BCUT2D eigenvalue weighted by atomic mass is 19.2. The number of nitrogens with one attached hydrogen (secondary N) is 1. The van der Waals surface area contributed by atoms with Gasteiger partial charge in [-0.25, -0.2) is 18.2 Å². The monoisotopic (exact) mass is 347 g/mol. The molecule has 0 aliphatic heterocycles. The number of carbonyl (C=O) groups excluding carboxylic acids is 1. The highest BCUT2D eigenvalue weighted by Crippen LogP contribution is 2.23. The molecule has 3 aromatic rings. The Kier molecular flexibility index (Phi) is 4.74. The van der Waals surface area contributed by atoms with E-state index in [2.05, 4.69) is 10.3 Å². The van der Waals surface area contributed by atoms with E-state index in [1.807, 2.05) is 6.92 Å². The molecular formula is C18H16F3N3O. The number of fused-ring (bicyclic) bond motifs is 1. The maximum Gasteiger partial charge on any atom is 0.231 e. The third-order valence-electron chi connectivity index (χ3n) is 3.77. The van der Waals surface area contributed by atoms with E-state index in [9.17, 15) is 18.0 Å². The zero-order valence-corrected chi connectivity index (χ0v) is 13.5. The first kappa shape index (κ1) is 17.0. The van der Waals surface area contributed by atoms with Gasteiger partial charge in [0.25, 0.3) is 0 Å². The number of anilines is 1. The summed E-state index contributed by atoms with van der Waals surface area (Å²) < 4.78 is 41.5. The Morgan fingerprint density at radius 3 is 2.48 bits per heavy atom. The Morgan fingerprint density at radius 2 is 1.80 bits per heavy atom. The standard InChI is InChI=1S/C18H16F3N3O/c1-2-7-24-16-10-14(21)13(20)9-15(16)22-18(24)23-17(25)8-11-3-5-12(19)6-4-11/h3-6,9-10H,2,7-8H2,1H3,(H,22,23,25). The molecule has 1 N–H and O–H groups in total. The molecule has 0 saturated carbocycles. The Labute approximate surface area is 142 Å². The number of halogens is 3.